The van der Waals surface area contributed by atoms with Gasteiger partial charge in [0.1, 0.15) is 6.10 Å². The van der Waals surface area contributed by atoms with Gasteiger partial charge in [0.2, 0.25) is 0 Å². The van der Waals surface area contributed by atoms with Crippen LogP contribution in [0.15, 0.2) is 12.4 Å². The normalized spacial score (nSPS) is 18.6. The number of likely N-dealkylation sites (tertiary alicyclic amines) is 1. The van der Waals surface area contributed by atoms with Crippen molar-refractivity contribution in [2.24, 2.45) is 0 Å². The van der Waals surface area contributed by atoms with E-state index in [9.17, 15) is 4.39 Å². The molecule has 0 aliphatic carbocycles. The van der Waals surface area contributed by atoms with Crippen molar-refractivity contribution in [3.8, 4) is 6.01 Å². The van der Waals surface area contributed by atoms with Gasteiger partial charge in [-0.15, -0.1) is 0 Å². The molecule has 0 bridgehead atoms. The third-order valence-corrected chi connectivity index (χ3v) is 3.08. The van der Waals surface area contributed by atoms with Gasteiger partial charge in [-0.25, -0.2) is 14.4 Å². The van der Waals surface area contributed by atoms with E-state index < -0.39 is 5.82 Å². The first kappa shape index (κ1) is 12.2. The van der Waals surface area contributed by atoms with E-state index in [2.05, 4.69) is 28.7 Å². The molecule has 1 aliphatic rings. The van der Waals surface area contributed by atoms with Gasteiger partial charge in [-0.3, -0.25) is 0 Å². The molecule has 0 spiro atoms. The lowest BCUT2D eigenvalue weighted by atomic mass is 10.1. The van der Waals surface area contributed by atoms with E-state index in [0.29, 0.717) is 6.04 Å². The SMILES string of the molecule is CC(C)N1CCC(Oc2ncc(F)cn2)CC1. The molecule has 0 aromatic carbocycles. The smallest absolute Gasteiger partial charge is 0.316 e. The third-order valence-electron chi connectivity index (χ3n) is 3.08. The largest absolute Gasteiger partial charge is 0.460 e. The molecule has 2 heterocycles. The highest BCUT2D eigenvalue weighted by molar-refractivity contribution is 4.96. The summed E-state index contributed by atoms with van der Waals surface area (Å²) in [6, 6.07) is 0.854. The molecular weight excluding hydrogens is 221 g/mol. The molecule has 17 heavy (non-hydrogen) atoms. The van der Waals surface area contributed by atoms with Gasteiger partial charge in [0.25, 0.3) is 0 Å². The molecule has 0 saturated carbocycles. The van der Waals surface area contributed by atoms with Crippen LogP contribution < -0.4 is 4.74 Å². The van der Waals surface area contributed by atoms with Crippen molar-refractivity contribution in [2.75, 3.05) is 13.1 Å². The first-order chi connectivity index (χ1) is 8.15. The molecule has 1 fully saturated rings. The molecule has 0 unspecified atom stereocenters. The summed E-state index contributed by atoms with van der Waals surface area (Å²) in [5.74, 6) is -0.438. The fraction of sp³-hybridized carbons (Fsp3) is 0.667. The van der Waals surface area contributed by atoms with Crippen LogP contribution in [-0.2, 0) is 0 Å². The number of ether oxygens (including phenoxy) is 1. The maximum atomic E-state index is 12.6. The molecule has 1 aromatic rings. The maximum Gasteiger partial charge on any atom is 0.316 e. The van der Waals surface area contributed by atoms with Gasteiger partial charge < -0.3 is 9.64 Å². The van der Waals surface area contributed by atoms with Gasteiger partial charge in [0.15, 0.2) is 5.82 Å². The van der Waals surface area contributed by atoms with Crippen LogP contribution in [0.2, 0.25) is 0 Å². The van der Waals surface area contributed by atoms with Gasteiger partial charge in [-0.2, -0.15) is 0 Å². The molecule has 5 heteroatoms. The van der Waals surface area contributed by atoms with Crippen LogP contribution in [0.3, 0.4) is 0 Å². The minimum atomic E-state index is -0.438. The van der Waals surface area contributed by atoms with Crippen molar-refractivity contribution in [1.82, 2.24) is 14.9 Å². The molecule has 1 aromatic heterocycles. The number of aromatic nitrogens is 2. The lowest BCUT2D eigenvalue weighted by molar-refractivity contribution is 0.0776. The van der Waals surface area contributed by atoms with E-state index in [1.54, 1.807) is 0 Å². The second-order valence-electron chi connectivity index (χ2n) is 4.63. The standard InChI is InChI=1S/C12H18FN3O/c1-9(2)16-5-3-11(4-6-16)17-12-14-7-10(13)8-15-12/h7-9,11H,3-6H2,1-2H3. The lowest BCUT2D eigenvalue weighted by Crippen LogP contribution is -2.41. The predicted octanol–water partition coefficient (Wildman–Crippen LogP) is 1.87. The van der Waals surface area contributed by atoms with E-state index in [1.165, 1.54) is 0 Å². The summed E-state index contributed by atoms with van der Waals surface area (Å²) in [5, 5.41) is 0. The van der Waals surface area contributed by atoms with Gasteiger partial charge in [-0.05, 0) is 26.7 Å². The van der Waals surface area contributed by atoms with Gasteiger partial charge >= 0.3 is 6.01 Å². The Morgan fingerprint density at radius 3 is 2.41 bits per heavy atom. The summed E-state index contributed by atoms with van der Waals surface area (Å²) in [6.07, 6.45) is 4.35. The van der Waals surface area contributed by atoms with E-state index >= 15 is 0 Å². The Balaban J connectivity index is 1.84. The number of hydrogen-bond acceptors (Lipinski definition) is 4. The Hall–Kier alpha value is -1.23. The third kappa shape index (κ3) is 3.36. The average molecular weight is 239 g/mol. The molecule has 94 valence electrons. The van der Waals surface area contributed by atoms with Crippen LogP contribution in [0.25, 0.3) is 0 Å². The minimum absolute atomic E-state index is 0.149. The number of halogens is 1. The summed E-state index contributed by atoms with van der Waals surface area (Å²) in [5.41, 5.74) is 0. The van der Waals surface area contributed by atoms with Crippen LogP contribution in [0.1, 0.15) is 26.7 Å². The zero-order valence-electron chi connectivity index (χ0n) is 10.3. The summed E-state index contributed by atoms with van der Waals surface area (Å²) in [7, 11) is 0. The van der Waals surface area contributed by atoms with Crippen LogP contribution in [0, 0.1) is 5.82 Å². The highest BCUT2D eigenvalue weighted by Gasteiger charge is 2.22. The lowest BCUT2D eigenvalue weighted by Gasteiger charge is -2.34. The van der Waals surface area contributed by atoms with Crippen molar-refractivity contribution in [3.63, 3.8) is 0 Å². The molecule has 0 atom stereocenters. The molecule has 0 amide bonds. The summed E-state index contributed by atoms with van der Waals surface area (Å²) in [6.45, 7) is 6.46. The monoisotopic (exact) mass is 239 g/mol. The Labute approximate surface area is 101 Å². The van der Waals surface area contributed by atoms with E-state index in [-0.39, 0.29) is 12.1 Å². The second kappa shape index (κ2) is 5.40. The summed E-state index contributed by atoms with van der Waals surface area (Å²) in [4.78, 5) is 10.0. The fourth-order valence-corrected chi connectivity index (χ4v) is 2.02. The summed E-state index contributed by atoms with van der Waals surface area (Å²) >= 11 is 0. The number of hydrogen-bond donors (Lipinski definition) is 0. The molecule has 4 nitrogen and oxygen atoms in total. The van der Waals surface area contributed by atoms with Gasteiger partial charge in [0.05, 0.1) is 12.4 Å². The van der Waals surface area contributed by atoms with Crippen LogP contribution in [-0.4, -0.2) is 40.1 Å². The topological polar surface area (TPSA) is 38.2 Å². The van der Waals surface area contributed by atoms with Crippen LogP contribution >= 0.6 is 0 Å². The predicted molar refractivity (Wildman–Crippen MR) is 62.3 cm³/mol. The van der Waals surface area contributed by atoms with E-state index in [1.807, 2.05) is 0 Å². The average Bonchev–Trinajstić information content (AvgIpc) is 2.33. The van der Waals surface area contributed by atoms with Crippen molar-refractivity contribution in [3.05, 3.63) is 18.2 Å². The van der Waals surface area contributed by atoms with Crippen LogP contribution in [0.4, 0.5) is 4.39 Å². The van der Waals surface area contributed by atoms with E-state index in [4.69, 9.17) is 4.74 Å². The van der Waals surface area contributed by atoms with E-state index in [0.717, 1.165) is 38.3 Å². The maximum absolute atomic E-state index is 12.6. The first-order valence-corrected chi connectivity index (χ1v) is 6.03. The van der Waals surface area contributed by atoms with Gasteiger partial charge in [-0.1, -0.05) is 0 Å². The highest BCUT2D eigenvalue weighted by Crippen LogP contribution is 2.17. The molecule has 0 radical (unpaired) electrons. The van der Waals surface area contributed by atoms with Gasteiger partial charge in [0, 0.05) is 19.1 Å². The fourth-order valence-electron chi connectivity index (χ4n) is 2.02. The highest BCUT2D eigenvalue weighted by atomic mass is 19.1. The molecule has 1 aliphatic heterocycles. The van der Waals surface area contributed by atoms with Crippen molar-refractivity contribution in [1.29, 1.82) is 0 Å². The Morgan fingerprint density at radius 1 is 1.29 bits per heavy atom. The van der Waals surface area contributed by atoms with Crippen molar-refractivity contribution < 1.29 is 9.13 Å². The molecule has 1 saturated heterocycles. The first-order valence-electron chi connectivity index (χ1n) is 6.03. The number of rotatable bonds is 3. The minimum Gasteiger partial charge on any atom is -0.460 e. The molecule has 0 N–H and O–H groups in total. The molecular formula is C12H18FN3O. The van der Waals surface area contributed by atoms with Crippen molar-refractivity contribution in [2.45, 2.75) is 38.8 Å². The Bertz CT molecular complexity index is 347. The molecule has 2 rings (SSSR count). The van der Waals surface area contributed by atoms with Crippen molar-refractivity contribution >= 4 is 0 Å². The second-order valence-corrected chi connectivity index (χ2v) is 4.63. The summed E-state index contributed by atoms with van der Waals surface area (Å²) < 4.78 is 18.2. The Kier molecular flexibility index (Phi) is 3.89. The number of nitrogens with zero attached hydrogens (tertiary/aromatic N) is 3. The number of piperidine rings is 1. The zero-order valence-corrected chi connectivity index (χ0v) is 10.3. The quantitative estimate of drug-likeness (QED) is 0.807. The Morgan fingerprint density at radius 2 is 1.88 bits per heavy atom. The van der Waals surface area contributed by atoms with Crippen LogP contribution in [0.5, 0.6) is 6.01 Å². The zero-order chi connectivity index (χ0) is 12.3.